The maximum Gasteiger partial charge on any atom is 0.245 e. The molecule has 1 fully saturated rings. The maximum absolute atomic E-state index is 11.5. The molecule has 1 aromatic carbocycles. The first-order valence-corrected chi connectivity index (χ1v) is 6.05. The number of hydrogen-bond donors (Lipinski definition) is 1. The van der Waals surface area contributed by atoms with Crippen molar-refractivity contribution in [3.05, 3.63) is 33.3 Å². The van der Waals surface area contributed by atoms with Crippen LogP contribution in [0.4, 0.5) is 0 Å². The van der Waals surface area contributed by atoms with Gasteiger partial charge >= 0.3 is 0 Å². The third-order valence-electron chi connectivity index (χ3n) is 2.37. The summed E-state index contributed by atoms with van der Waals surface area (Å²) in [4.78, 5) is 22.8. The van der Waals surface area contributed by atoms with Gasteiger partial charge in [0, 0.05) is 9.50 Å². The van der Waals surface area contributed by atoms with Crippen molar-refractivity contribution in [3.8, 4) is 0 Å². The molecule has 0 aromatic heterocycles. The molecule has 1 saturated heterocycles. The van der Waals surface area contributed by atoms with Crippen LogP contribution in [0.5, 0.6) is 0 Å². The van der Waals surface area contributed by atoms with Crippen LogP contribution in [0.15, 0.2) is 22.7 Å². The molecule has 6 heteroatoms. The largest absolute Gasteiger partial charge is 0.295 e. The summed E-state index contributed by atoms with van der Waals surface area (Å²) in [6.07, 6.45) is 0. The van der Waals surface area contributed by atoms with Crippen molar-refractivity contribution in [2.75, 3.05) is 0 Å². The predicted octanol–water partition coefficient (Wildman–Crippen LogP) is 2.45. The Kier molecular flexibility index (Phi) is 3.24. The Morgan fingerprint density at radius 2 is 1.94 bits per heavy atom. The average molecular weight is 323 g/mol. The molecule has 1 heterocycles. The summed E-state index contributed by atoms with van der Waals surface area (Å²) in [5.74, 6) is -1.60. The lowest BCUT2D eigenvalue weighted by atomic mass is 9.97. The van der Waals surface area contributed by atoms with Crippen molar-refractivity contribution in [1.29, 1.82) is 0 Å². The summed E-state index contributed by atoms with van der Waals surface area (Å²) in [5, 5.41) is 1.69. The Labute approximate surface area is 110 Å². The van der Waals surface area contributed by atoms with Gasteiger partial charge in [-0.05, 0) is 17.7 Å². The molecular formula is C10H6BrCl2NO2. The molecule has 0 aliphatic carbocycles. The van der Waals surface area contributed by atoms with Gasteiger partial charge < -0.3 is 0 Å². The maximum atomic E-state index is 11.5. The molecule has 0 bridgehead atoms. The third-order valence-corrected chi connectivity index (χ3v) is 3.64. The lowest BCUT2D eigenvalue weighted by molar-refractivity contribution is -0.125. The van der Waals surface area contributed by atoms with Crippen LogP contribution in [-0.2, 0) is 9.59 Å². The normalized spacial score (nSPS) is 24.7. The van der Waals surface area contributed by atoms with E-state index < -0.39 is 23.1 Å². The Morgan fingerprint density at radius 3 is 2.44 bits per heavy atom. The van der Waals surface area contributed by atoms with E-state index in [4.69, 9.17) is 23.2 Å². The summed E-state index contributed by atoms with van der Waals surface area (Å²) >= 11 is 15.1. The second-order valence-electron chi connectivity index (χ2n) is 3.40. The predicted molar refractivity (Wildman–Crippen MR) is 64.7 cm³/mol. The van der Waals surface area contributed by atoms with Gasteiger partial charge in [-0.25, -0.2) is 0 Å². The molecule has 2 rings (SSSR count). The van der Waals surface area contributed by atoms with Crippen LogP contribution >= 0.6 is 39.1 Å². The van der Waals surface area contributed by atoms with Gasteiger partial charge in [0.25, 0.3) is 0 Å². The fourth-order valence-electron chi connectivity index (χ4n) is 1.61. The number of carbonyl (C=O) groups excluding carboxylic acids is 2. The van der Waals surface area contributed by atoms with E-state index in [0.29, 0.717) is 10.6 Å². The number of amides is 2. The highest BCUT2D eigenvalue weighted by Crippen LogP contribution is 2.34. The zero-order chi connectivity index (χ0) is 11.9. The fourth-order valence-corrected chi connectivity index (χ4v) is 2.70. The van der Waals surface area contributed by atoms with Gasteiger partial charge in [-0.2, -0.15) is 0 Å². The number of carbonyl (C=O) groups is 2. The molecule has 16 heavy (non-hydrogen) atoms. The number of alkyl halides is 1. The monoisotopic (exact) mass is 321 g/mol. The van der Waals surface area contributed by atoms with Crippen LogP contribution in [0.1, 0.15) is 11.5 Å². The molecule has 1 aliphatic rings. The van der Waals surface area contributed by atoms with Crippen molar-refractivity contribution < 1.29 is 9.59 Å². The SMILES string of the molecule is O=C1NC(=O)C(c2ccc(Br)cc2Cl)C1Cl. The Hall–Kier alpha value is -0.580. The average Bonchev–Trinajstić information content (AvgIpc) is 2.43. The van der Waals surface area contributed by atoms with Gasteiger partial charge in [-0.3, -0.25) is 14.9 Å². The molecule has 0 spiro atoms. The van der Waals surface area contributed by atoms with Crippen LogP contribution in [-0.4, -0.2) is 17.2 Å². The van der Waals surface area contributed by atoms with Crippen molar-refractivity contribution in [2.45, 2.75) is 11.3 Å². The highest BCUT2D eigenvalue weighted by Gasteiger charge is 2.42. The van der Waals surface area contributed by atoms with Gasteiger partial charge in [0.05, 0.1) is 5.92 Å². The minimum Gasteiger partial charge on any atom is -0.295 e. The van der Waals surface area contributed by atoms with Crippen molar-refractivity contribution in [1.82, 2.24) is 5.32 Å². The number of benzene rings is 1. The number of rotatable bonds is 1. The van der Waals surface area contributed by atoms with Crippen molar-refractivity contribution in [2.24, 2.45) is 0 Å². The van der Waals surface area contributed by atoms with E-state index in [1.165, 1.54) is 0 Å². The molecule has 2 unspecified atom stereocenters. The first kappa shape index (κ1) is 11.9. The summed E-state index contributed by atoms with van der Waals surface area (Å²) in [6, 6.07) is 5.10. The van der Waals surface area contributed by atoms with E-state index in [0.717, 1.165) is 4.47 Å². The van der Waals surface area contributed by atoms with Crippen LogP contribution in [0.3, 0.4) is 0 Å². The zero-order valence-electron chi connectivity index (χ0n) is 7.84. The van der Waals surface area contributed by atoms with Crippen LogP contribution < -0.4 is 5.32 Å². The van der Waals surface area contributed by atoms with E-state index in [1.54, 1.807) is 18.2 Å². The molecule has 0 saturated carbocycles. The second-order valence-corrected chi connectivity index (χ2v) is 5.19. The minimum absolute atomic E-state index is 0.408. The lowest BCUT2D eigenvalue weighted by Gasteiger charge is -2.11. The van der Waals surface area contributed by atoms with E-state index in [-0.39, 0.29) is 0 Å². The Bertz CT molecular complexity index is 478. The highest BCUT2D eigenvalue weighted by molar-refractivity contribution is 9.10. The number of hydrogen-bond acceptors (Lipinski definition) is 2. The quantitative estimate of drug-likeness (QED) is 0.637. The van der Waals surface area contributed by atoms with Gasteiger partial charge in [-0.15, -0.1) is 11.6 Å². The van der Waals surface area contributed by atoms with Crippen molar-refractivity contribution in [3.63, 3.8) is 0 Å². The van der Waals surface area contributed by atoms with E-state index >= 15 is 0 Å². The van der Waals surface area contributed by atoms with Crippen molar-refractivity contribution >= 4 is 50.9 Å². The first-order chi connectivity index (χ1) is 7.50. The topological polar surface area (TPSA) is 46.2 Å². The standard InChI is InChI=1S/C10H6BrCl2NO2/c11-4-1-2-5(6(12)3-4)7-8(13)10(16)14-9(7)15/h1-3,7-8H,(H,14,15,16). The molecule has 1 aliphatic heterocycles. The summed E-state index contributed by atoms with van der Waals surface area (Å²) < 4.78 is 0.803. The fraction of sp³-hybridized carbons (Fsp3) is 0.200. The lowest BCUT2D eigenvalue weighted by Crippen LogP contribution is -2.22. The van der Waals surface area contributed by atoms with Gasteiger partial charge in [0.1, 0.15) is 5.38 Å². The smallest absolute Gasteiger partial charge is 0.245 e. The molecule has 1 N–H and O–H groups in total. The highest BCUT2D eigenvalue weighted by atomic mass is 79.9. The molecule has 2 atom stereocenters. The molecule has 0 radical (unpaired) electrons. The van der Waals surface area contributed by atoms with Crippen LogP contribution in [0.2, 0.25) is 5.02 Å². The third kappa shape index (κ3) is 1.97. The Morgan fingerprint density at radius 1 is 1.25 bits per heavy atom. The second kappa shape index (κ2) is 4.35. The van der Waals surface area contributed by atoms with E-state index in [2.05, 4.69) is 21.2 Å². The molecule has 84 valence electrons. The molecule has 3 nitrogen and oxygen atoms in total. The zero-order valence-corrected chi connectivity index (χ0v) is 10.9. The molecule has 1 aromatic rings. The van der Waals surface area contributed by atoms with Gasteiger partial charge in [0.2, 0.25) is 11.8 Å². The van der Waals surface area contributed by atoms with E-state index in [9.17, 15) is 9.59 Å². The van der Waals surface area contributed by atoms with Crippen LogP contribution in [0.25, 0.3) is 0 Å². The summed E-state index contributed by atoms with van der Waals surface area (Å²) in [7, 11) is 0. The summed E-state index contributed by atoms with van der Waals surface area (Å²) in [6.45, 7) is 0. The summed E-state index contributed by atoms with van der Waals surface area (Å²) in [5.41, 5.74) is 0.563. The van der Waals surface area contributed by atoms with Gasteiger partial charge in [-0.1, -0.05) is 33.6 Å². The Balaban J connectivity index is 2.44. The number of nitrogens with one attached hydrogen (secondary N) is 1. The molecule has 2 amide bonds. The van der Waals surface area contributed by atoms with Crippen LogP contribution in [0, 0.1) is 0 Å². The minimum atomic E-state index is -0.897. The first-order valence-electron chi connectivity index (χ1n) is 4.44. The number of halogens is 3. The van der Waals surface area contributed by atoms with Gasteiger partial charge in [0.15, 0.2) is 0 Å². The van der Waals surface area contributed by atoms with E-state index in [1.807, 2.05) is 0 Å². The number of imide groups is 1. The molecular weight excluding hydrogens is 317 g/mol.